The molecular formula is C25H34O6. The molecule has 2 N–H and O–H groups in total. The molecule has 1 heterocycles. The zero-order chi connectivity index (χ0) is 22.2. The number of hydrogen-bond acceptors (Lipinski definition) is 6. The van der Waals surface area contributed by atoms with E-state index in [0.717, 1.165) is 24.8 Å². The smallest absolute Gasteiger partial charge is 0.281 e. The summed E-state index contributed by atoms with van der Waals surface area (Å²) in [4.78, 5) is 25.2. The van der Waals surface area contributed by atoms with Gasteiger partial charge in [0.05, 0.1) is 6.10 Å². The highest BCUT2D eigenvalue weighted by Gasteiger charge is 2.71. The Bertz CT molecular complexity index is 877. The van der Waals surface area contributed by atoms with Gasteiger partial charge in [0, 0.05) is 23.2 Å². The summed E-state index contributed by atoms with van der Waals surface area (Å²) in [6.45, 7) is 6.01. The van der Waals surface area contributed by atoms with Crippen molar-refractivity contribution < 1.29 is 29.3 Å². The highest BCUT2D eigenvalue weighted by Crippen LogP contribution is 2.68. The SMILES string of the molecule is CCCC1(O)OCC(=O)[C@]2(CC[C@H]3[C@@H]4CCC5=CC(=O)C=C[C@]5(C)[C@H]4C(O)C[C@@]32C)O1. The second-order valence-electron chi connectivity index (χ2n) is 10.9. The van der Waals surface area contributed by atoms with Crippen LogP contribution in [0.1, 0.15) is 65.7 Å². The lowest BCUT2D eigenvalue weighted by Crippen LogP contribution is -2.67. The van der Waals surface area contributed by atoms with E-state index in [1.165, 1.54) is 0 Å². The number of hydrogen-bond donors (Lipinski definition) is 2. The molecule has 170 valence electrons. The first-order valence-electron chi connectivity index (χ1n) is 11.8. The van der Waals surface area contributed by atoms with E-state index < -0.39 is 23.1 Å². The van der Waals surface area contributed by atoms with Crippen LogP contribution in [0.5, 0.6) is 0 Å². The van der Waals surface area contributed by atoms with Gasteiger partial charge in [-0.15, -0.1) is 0 Å². The maximum absolute atomic E-state index is 13.3. The minimum absolute atomic E-state index is 0.00884. The topological polar surface area (TPSA) is 93.1 Å². The van der Waals surface area contributed by atoms with E-state index in [0.29, 0.717) is 25.7 Å². The lowest BCUT2D eigenvalue weighted by atomic mass is 9.46. The van der Waals surface area contributed by atoms with Crippen molar-refractivity contribution in [2.24, 2.45) is 28.6 Å². The molecule has 8 atom stereocenters. The third-order valence-corrected chi connectivity index (χ3v) is 9.39. The number of carbonyl (C=O) groups excluding carboxylic acids is 2. The number of aliphatic hydroxyl groups excluding tert-OH is 1. The third kappa shape index (κ3) is 2.78. The Morgan fingerprint density at radius 2 is 2.00 bits per heavy atom. The number of carbonyl (C=O) groups is 2. The Hall–Kier alpha value is -1.34. The Labute approximate surface area is 183 Å². The van der Waals surface area contributed by atoms with Crippen molar-refractivity contribution in [3.8, 4) is 0 Å². The van der Waals surface area contributed by atoms with Crippen LogP contribution in [0.25, 0.3) is 0 Å². The van der Waals surface area contributed by atoms with Crippen molar-refractivity contribution in [3.63, 3.8) is 0 Å². The van der Waals surface area contributed by atoms with Gasteiger partial charge in [-0.2, -0.15) is 0 Å². The van der Waals surface area contributed by atoms with E-state index in [1.54, 1.807) is 12.2 Å². The Morgan fingerprint density at radius 1 is 1.23 bits per heavy atom. The molecular weight excluding hydrogens is 396 g/mol. The number of fused-ring (bicyclic) bond motifs is 6. The van der Waals surface area contributed by atoms with Crippen LogP contribution in [0.4, 0.5) is 0 Å². The van der Waals surface area contributed by atoms with Gasteiger partial charge >= 0.3 is 0 Å². The number of ether oxygens (including phenoxy) is 2. The molecule has 5 rings (SSSR count). The van der Waals surface area contributed by atoms with Crippen LogP contribution in [0.3, 0.4) is 0 Å². The van der Waals surface area contributed by atoms with Crippen molar-refractivity contribution in [2.45, 2.75) is 83.4 Å². The Kier molecular flexibility index (Phi) is 4.74. The average Bonchev–Trinajstić information content (AvgIpc) is 2.98. The van der Waals surface area contributed by atoms with Gasteiger partial charge in [-0.1, -0.05) is 32.4 Å². The number of rotatable bonds is 2. The number of ketones is 2. The molecule has 1 spiro atoms. The molecule has 0 radical (unpaired) electrons. The summed E-state index contributed by atoms with van der Waals surface area (Å²) >= 11 is 0. The molecule has 0 aromatic carbocycles. The van der Waals surface area contributed by atoms with Crippen LogP contribution in [-0.4, -0.2) is 46.1 Å². The van der Waals surface area contributed by atoms with Crippen molar-refractivity contribution in [1.82, 2.24) is 0 Å². The molecule has 31 heavy (non-hydrogen) atoms. The molecule has 1 saturated heterocycles. The summed E-state index contributed by atoms with van der Waals surface area (Å²) in [5, 5.41) is 22.4. The fourth-order valence-corrected chi connectivity index (χ4v) is 8.03. The van der Waals surface area contributed by atoms with Gasteiger partial charge in [-0.3, -0.25) is 9.59 Å². The lowest BCUT2D eigenvalue weighted by Gasteiger charge is -2.61. The molecule has 0 aromatic heterocycles. The first-order valence-corrected chi connectivity index (χ1v) is 11.8. The average molecular weight is 431 g/mol. The van der Waals surface area contributed by atoms with Crippen LogP contribution in [0, 0.1) is 28.6 Å². The molecule has 2 unspecified atom stereocenters. The monoisotopic (exact) mass is 430 g/mol. The maximum Gasteiger partial charge on any atom is 0.281 e. The number of allylic oxidation sites excluding steroid dienone is 4. The molecule has 0 amide bonds. The summed E-state index contributed by atoms with van der Waals surface area (Å²) in [5.74, 6) is -1.39. The molecule has 1 aliphatic heterocycles. The quantitative estimate of drug-likeness (QED) is 0.699. The zero-order valence-corrected chi connectivity index (χ0v) is 18.7. The first-order chi connectivity index (χ1) is 14.6. The fourth-order valence-electron chi connectivity index (χ4n) is 8.03. The number of Topliss-reactive ketones (excluding diaryl/α,β-unsaturated/α-hetero) is 1. The standard InChI is InChI=1S/C25H34O6/c1-4-9-25(29)30-14-20(28)24(31-25)11-8-18-17-6-5-15-12-16(26)7-10-22(15,2)21(17)19(27)13-23(18,24)3/h7,10,12,17-19,21,27,29H,4-6,8-9,11,13-14H2,1-3H3/t17-,18-,19?,21+,22-,23-,24-,25?/m0/s1. The van der Waals surface area contributed by atoms with Gasteiger partial charge < -0.3 is 19.7 Å². The van der Waals surface area contributed by atoms with E-state index in [2.05, 4.69) is 13.8 Å². The molecule has 0 bridgehead atoms. The summed E-state index contributed by atoms with van der Waals surface area (Å²) in [5.41, 5.74) is -0.910. The summed E-state index contributed by atoms with van der Waals surface area (Å²) < 4.78 is 11.7. The van der Waals surface area contributed by atoms with Gasteiger partial charge in [0.15, 0.2) is 11.6 Å². The minimum atomic E-state index is -1.75. The second-order valence-corrected chi connectivity index (χ2v) is 10.9. The minimum Gasteiger partial charge on any atom is -0.393 e. The normalized spacial score (nSPS) is 51.3. The van der Waals surface area contributed by atoms with Crippen molar-refractivity contribution in [2.75, 3.05) is 6.61 Å². The predicted octanol–water partition coefficient (Wildman–Crippen LogP) is 3.07. The molecule has 6 heteroatoms. The largest absolute Gasteiger partial charge is 0.393 e. The van der Waals surface area contributed by atoms with Crippen molar-refractivity contribution >= 4 is 11.6 Å². The Morgan fingerprint density at radius 3 is 2.74 bits per heavy atom. The van der Waals surface area contributed by atoms with E-state index in [9.17, 15) is 19.8 Å². The zero-order valence-electron chi connectivity index (χ0n) is 18.7. The first kappa shape index (κ1) is 21.5. The van der Waals surface area contributed by atoms with Gasteiger partial charge in [0.1, 0.15) is 12.2 Å². The molecule has 3 saturated carbocycles. The van der Waals surface area contributed by atoms with Crippen LogP contribution in [-0.2, 0) is 19.1 Å². The van der Waals surface area contributed by atoms with Crippen LogP contribution in [0.2, 0.25) is 0 Å². The van der Waals surface area contributed by atoms with Crippen LogP contribution >= 0.6 is 0 Å². The van der Waals surface area contributed by atoms with E-state index in [1.807, 2.05) is 13.0 Å². The summed E-state index contributed by atoms with van der Waals surface area (Å²) in [6.07, 6.45) is 9.29. The third-order valence-electron chi connectivity index (χ3n) is 9.39. The predicted molar refractivity (Wildman–Crippen MR) is 113 cm³/mol. The molecule has 4 fully saturated rings. The van der Waals surface area contributed by atoms with Gasteiger partial charge in [0.25, 0.3) is 5.97 Å². The van der Waals surface area contributed by atoms with Crippen LogP contribution < -0.4 is 0 Å². The maximum atomic E-state index is 13.3. The molecule has 0 aromatic rings. The van der Waals surface area contributed by atoms with Crippen LogP contribution in [0.15, 0.2) is 23.8 Å². The van der Waals surface area contributed by atoms with Gasteiger partial charge in [-0.05, 0) is 62.5 Å². The lowest BCUT2D eigenvalue weighted by molar-refractivity contribution is -0.418. The summed E-state index contributed by atoms with van der Waals surface area (Å²) in [6, 6.07) is 0. The molecule has 6 nitrogen and oxygen atoms in total. The fraction of sp³-hybridized carbons (Fsp3) is 0.760. The summed E-state index contributed by atoms with van der Waals surface area (Å²) in [7, 11) is 0. The second kappa shape index (κ2) is 6.83. The molecule has 5 aliphatic rings. The van der Waals surface area contributed by atoms with Crippen molar-refractivity contribution in [1.29, 1.82) is 0 Å². The highest BCUT2D eigenvalue weighted by atomic mass is 16.8. The van der Waals surface area contributed by atoms with E-state index in [4.69, 9.17) is 9.47 Å². The van der Waals surface area contributed by atoms with Gasteiger partial charge in [-0.25, -0.2) is 0 Å². The van der Waals surface area contributed by atoms with Crippen molar-refractivity contribution in [3.05, 3.63) is 23.8 Å². The number of aliphatic hydroxyl groups is 2. The van der Waals surface area contributed by atoms with E-state index >= 15 is 0 Å². The van der Waals surface area contributed by atoms with Gasteiger partial charge in [0.2, 0.25) is 0 Å². The highest BCUT2D eigenvalue weighted by molar-refractivity contribution is 6.01. The molecule has 4 aliphatic carbocycles. The van der Waals surface area contributed by atoms with E-state index in [-0.39, 0.29) is 41.3 Å². The Balaban J connectivity index is 1.53.